The Bertz CT molecular complexity index is 264. The van der Waals surface area contributed by atoms with Crippen molar-refractivity contribution < 1.29 is 4.74 Å². The molecule has 1 aliphatic heterocycles. The van der Waals surface area contributed by atoms with Crippen molar-refractivity contribution in [2.24, 2.45) is 5.92 Å². The number of ether oxygens (including phenoxy) is 1. The van der Waals surface area contributed by atoms with Gasteiger partial charge in [0.15, 0.2) is 0 Å². The summed E-state index contributed by atoms with van der Waals surface area (Å²) < 4.78 is 7.44. The molecular weight excluding hydrogens is 164 g/mol. The van der Waals surface area contributed by atoms with Crippen LogP contribution in [0.2, 0.25) is 0 Å². The molecule has 0 radical (unpaired) electrons. The molecule has 3 heteroatoms. The van der Waals surface area contributed by atoms with Gasteiger partial charge in [-0.1, -0.05) is 0 Å². The van der Waals surface area contributed by atoms with Crippen molar-refractivity contribution in [1.29, 1.82) is 0 Å². The van der Waals surface area contributed by atoms with Crippen molar-refractivity contribution in [3.05, 3.63) is 18.0 Å². The highest BCUT2D eigenvalue weighted by molar-refractivity contribution is 4.99. The van der Waals surface area contributed by atoms with E-state index < -0.39 is 0 Å². The first-order valence-electron chi connectivity index (χ1n) is 4.91. The molecule has 1 fully saturated rings. The lowest BCUT2D eigenvalue weighted by Gasteiger charge is -2.21. The summed E-state index contributed by atoms with van der Waals surface area (Å²) in [4.78, 5) is 0. The second-order valence-electron chi connectivity index (χ2n) is 3.82. The molecule has 0 saturated carbocycles. The molecule has 0 N–H and O–H groups in total. The van der Waals surface area contributed by atoms with Crippen LogP contribution >= 0.6 is 0 Å². The minimum Gasteiger partial charge on any atom is -0.381 e. The van der Waals surface area contributed by atoms with Crippen LogP contribution in [-0.2, 0) is 11.3 Å². The van der Waals surface area contributed by atoms with Crippen LogP contribution in [0.4, 0.5) is 0 Å². The highest BCUT2D eigenvalue weighted by Crippen LogP contribution is 2.15. The van der Waals surface area contributed by atoms with E-state index in [4.69, 9.17) is 4.74 Å². The van der Waals surface area contributed by atoms with Crippen molar-refractivity contribution in [2.75, 3.05) is 13.2 Å². The first-order chi connectivity index (χ1) is 6.34. The van der Waals surface area contributed by atoms with Gasteiger partial charge in [-0.25, -0.2) is 0 Å². The minimum absolute atomic E-state index is 0.660. The van der Waals surface area contributed by atoms with Crippen LogP contribution in [0.1, 0.15) is 18.4 Å². The van der Waals surface area contributed by atoms with E-state index in [-0.39, 0.29) is 0 Å². The zero-order valence-corrected chi connectivity index (χ0v) is 8.07. The summed E-state index contributed by atoms with van der Waals surface area (Å²) in [7, 11) is 0. The summed E-state index contributed by atoms with van der Waals surface area (Å²) in [5.74, 6) is 0.660. The van der Waals surface area contributed by atoms with E-state index in [1.54, 1.807) is 0 Å². The molecule has 1 unspecified atom stereocenters. The maximum atomic E-state index is 5.42. The molecule has 1 aromatic rings. The number of aromatic nitrogens is 2. The summed E-state index contributed by atoms with van der Waals surface area (Å²) >= 11 is 0. The van der Waals surface area contributed by atoms with Gasteiger partial charge in [-0.05, 0) is 25.3 Å². The van der Waals surface area contributed by atoms with Gasteiger partial charge in [-0.3, -0.25) is 4.68 Å². The third-order valence-electron chi connectivity index (χ3n) is 2.46. The van der Waals surface area contributed by atoms with E-state index in [0.717, 1.165) is 19.8 Å². The standard InChI is InChI=1S/C10H16N2O/c1-9-5-11-12(6-9)7-10-3-2-4-13-8-10/h5-6,10H,2-4,7-8H2,1H3. The van der Waals surface area contributed by atoms with Crippen molar-refractivity contribution >= 4 is 0 Å². The summed E-state index contributed by atoms with van der Waals surface area (Å²) in [6.07, 6.45) is 6.47. The molecule has 2 rings (SSSR count). The quantitative estimate of drug-likeness (QED) is 0.691. The monoisotopic (exact) mass is 180 g/mol. The van der Waals surface area contributed by atoms with Gasteiger partial charge < -0.3 is 4.74 Å². The summed E-state index contributed by atoms with van der Waals surface area (Å²) in [5.41, 5.74) is 1.23. The normalized spacial score (nSPS) is 23.3. The average Bonchev–Trinajstić information content (AvgIpc) is 2.53. The highest BCUT2D eigenvalue weighted by Gasteiger charge is 2.14. The Morgan fingerprint density at radius 2 is 2.62 bits per heavy atom. The molecule has 0 aliphatic carbocycles. The molecule has 13 heavy (non-hydrogen) atoms. The zero-order chi connectivity index (χ0) is 9.10. The first-order valence-corrected chi connectivity index (χ1v) is 4.91. The predicted molar refractivity (Wildman–Crippen MR) is 50.5 cm³/mol. The van der Waals surface area contributed by atoms with Gasteiger partial charge in [0.1, 0.15) is 0 Å². The molecule has 2 heterocycles. The summed E-state index contributed by atoms with van der Waals surface area (Å²) in [6.45, 7) is 4.92. The Hall–Kier alpha value is -0.830. The van der Waals surface area contributed by atoms with Crippen LogP contribution in [-0.4, -0.2) is 23.0 Å². The third-order valence-corrected chi connectivity index (χ3v) is 2.46. The van der Waals surface area contributed by atoms with Crippen molar-refractivity contribution in [1.82, 2.24) is 9.78 Å². The van der Waals surface area contributed by atoms with E-state index in [0.29, 0.717) is 5.92 Å². The molecule has 1 saturated heterocycles. The molecule has 0 aromatic carbocycles. The minimum atomic E-state index is 0.660. The number of hydrogen-bond donors (Lipinski definition) is 0. The van der Waals surface area contributed by atoms with Gasteiger partial charge in [0.2, 0.25) is 0 Å². The van der Waals surface area contributed by atoms with Crippen molar-refractivity contribution in [2.45, 2.75) is 26.3 Å². The fraction of sp³-hybridized carbons (Fsp3) is 0.700. The van der Waals surface area contributed by atoms with Gasteiger partial charge in [0, 0.05) is 25.3 Å². The number of rotatable bonds is 2. The Morgan fingerprint density at radius 1 is 1.69 bits per heavy atom. The Labute approximate surface area is 78.7 Å². The summed E-state index contributed by atoms with van der Waals surface area (Å²) in [5, 5.41) is 4.27. The maximum absolute atomic E-state index is 5.42. The molecule has 0 spiro atoms. The largest absolute Gasteiger partial charge is 0.381 e. The Kier molecular flexibility index (Phi) is 2.64. The van der Waals surface area contributed by atoms with Gasteiger partial charge >= 0.3 is 0 Å². The van der Waals surface area contributed by atoms with Crippen LogP contribution in [0.3, 0.4) is 0 Å². The fourth-order valence-corrected chi connectivity index (χ4v) is 1.78. The number of nitrogens with zero attached hydrogens (tertiary/aromatic N) is 2. The van der Waals surface area contributed by atoms with Crippen LogP contribution < -0.4 is 0 Å². The molecule has 1 aromatic heterocycles. The van der Waals surface area contributed by atoms with E-state index in [1.165, 1.54) is 18.4 Å². The van der Waals surface area contributed by atoms with E-state index in [2.05, 4.69) is 18.2 Å². The second-order valence-corrected chi connectivity index (χ2v) is 3.82. The lowest BCUT2D eigenvalue weighted by atomic mass is 10.0. The number of hydrogen-bond acceptors (Lipinski definition) is 2. The topological polar surface area (TPSA) is 27.1 Å². The first kappa shape index (κ1) is 8.75. The lowest BCUT2D eigenvalue weighted by Crippen LogP contribution is -2.22. The van der Waals surface area contributed by atoms with Crippen LogP contribution in [0.5, 0.6) is 0 Å². The van der Waals surface area contributed by atoms with Crippen molar-refractivity contribution in [3.63, 3.8) is 0 Å². The predicted octanol–water partition coefficient (Wildman–Crippen LogP) is 1.62. The molecule has 0 amide bonds. The van der Waals surface area contributed by atoms with E-state index >= 15 is 0 Å². The SMILES string of the molecule is Cc1cnn(CC2CCCOC2)c1. The Morgan fingerprint density at radius 3 is 3.23 bits per heavy atom. The number of aryl methyl sites for hydroxylation is 1. The lowest BCUT2D eigenvalue weighted by molar-refractivity contribution is 0.0470. The maximum Gasteiger partial charge on any atom is 0.0518 e. The zero-order valence-electron chi connectivity index (χ0n) is 8.07. The van der Waals surface area contributed by atoms with Crippen LogP contribution in [0, 0.1) is 12.8 Å². The van der Waals surface area contributed by atoms with Crippen molar-refractivity contribution in [3.8, 4) is 0 Å². The van der Waals surface area contributed by atoms with E-state index in [1.807, 2.05) is 10.9 Å². The molecule has 72 valence electrons. The van der Waals surface area contributed by atoms with Gasteiger partial charge in [-0.15, -0.1) is 0 Å². The molecule has 1 aliphatic rings. The highest BCUT2D eigenvalue weighted by atomic mass is 16.5. The van der Waals surface area contributed by atoms with Gasteiger partial charge in [0.25, 0.3) is 0 Å². The molecule has 3 nitrogen and oxygen atoms in total. The van der Waals surface area contributed by atoms with Gasteiger partial charge in [0.05, 0.1) is 12.8 Å². The second kappa shape index (κ2) is 3.92. The smallest absolute Gasteiger partial charge is 0.0518 e. The van der Waals surface area contributed by atoms with E-state index in [9.17, 15) is 0 Å². The average molecular weight is 180 g/mol. The third kappa shape index (κ3) is 2.31. The summed E-state index contributed by atoms with van der Waals surface area (Å²) in [6, 6.07) is 0. The molecular formula is C10H16N2O. The Balaban J connectivity index is 1.89. The van der Waals surface area contributed by atoms with Gasteiger partial charge in [-0.2, -0.15) is 5.10 Å². The van der Waals surface area contributed by atoms with Crippen LogP contribution in [0.15, 0.2) is 12.4 Å². The fourth-order valence-electron chi connectivity index (χ4n) is 1.78. The molecule has 1 atom stereocenters. The van der Waals surface area contributed by atoms with Crippen LogP contribution in [0.25, 0.3) is 0 Å². The molecule has 0 bridgehead atoms.